The molecule has 0 aliphatic heterocycles. The molecule has 0 atom stereocenters. The van der Waals surface area contributed by atoms with Gasteiger partial charge in [0.25, 0.3) is 5.91 Å². The minimum atomic E-state index is -0.530. The third-order valence-electron chi connectivity index (χ3n) is 3.93. The van der Waals surface area contributed by atoms with Crippen LogP contribution in [-0.4, -0.2) is 25.1 Å². The maximum absolute atomic E-state index is 12.6. The number of benzene rings is 2. The molecule has 1 heterocycles. The van der Waals surface area contributed by atoms with Gasteiger partial charge in [-0.3, -0.25) is 4.79 Å². The molecule has 1 amide bonds. The zero-order chi connectivity index (χ0) is 21.7. The van der Waals surface area contributed by atoms with Gasteiger partial charge in [-0.25, -0.2) is 4.79 Å². The van der Waals surface area contributed by atoms with Crippen LogP contribution in [0.2, 0.25) is 15.1 Å². The molecule has 2 aromatic carbocycles. The molecule has 0 aliphatic rings. The van der Waals surface area contributed by atoms with Crippen LogP contribution >= 0.6 is 46.1 Å². The van der Waals surface area contributed by atoms with Gasteiger partial charge in [0.05, 0.1) is 11.6 Å². The van der Waals surface area contributed by atoms with Gasteiger partial charge in [-0.15, -0.1) is 11.3 Å². The first-order valence-electron chi connectivity index (χ1n) is 8.81. The molecule has 0 fully saturated rings. The standard InChI is InChI=1S/C21H16Cl3NO4S/c1-2-28-21(27)19-15(12-3-5-13(22)6-4-12)11-30-20(19)25-18(26)10-29-17-9-14(23)7-8-16(17)24/h3-9,11H,2,10H2,1H3,(H,25,26). The molecule has 3 rings (SSSR count). The predicted molar refractivity (Wildman–Crippen MR) is 121 cm³/mol. The first kappa shape index (κ1) is 22.4. The van der Waals surface area contributed by atoms with E-state index in [-0.39, 0.29) is 24.5 Å². The number of ether oxygens (including phenoxy) is 2. The van der Waals surface area contributed by atoms with E-state index < -0.39 is 11.9 Å². The Hall–Kier alpha value is -2.25. The number of esters is 1. The Kier molecular flexibility index (Phi) is 7.61. The number of carbonyl (C=O) groups is 2. The second kappa shape index (κ2) is 10.2. The van der Waals surface area contributed by atoms with Crippen molar-refractivity contribution in [1.82, 2.24) is 0 Å². The van der Waals surface area contributed by atoms with Crippen molar-refractivity contribution in [3.05, 3.63) is 68.5 Å². The van der Waals surface area contributed by atoms with Gasteiger partial charge in [-0.1, -0.05) is 46.9 Å². The van der Waals surface area contributed by atoms with E-state index in [0.29, 0.717) is 25.6 Å². The average molecular weight is 485 g/mol. The number of hydrogen-bond acceptors (Lipinski definition) is 5. The number of hydrogen-bond donors (Lipinski definition) is 1. The lowest BCUT2D eigenvalue weighted by atomic mass is 10.0. The Bertz CT molecular complexity index is 1070. The summed E-state index contributed by atoms with van der Waals surface area (Å²) in [5.41, 5.74) is 1.70. The van der Waals surface area contributed by atoms with E-state index in [0.717, 1.165) is 5.56 Å². The van der Waals surface area contributed by atoms with E-state index in [1.54, 1.807) is 48.7 Å². The van der Waals surface area contributed by atoms with Crippen molar-refractivity contribution in [2.75, 3.05) is 18.5 Å². The minimum absolute atomic E-state index is 0.207. The molecule has 0 saturated carbocycles. The smallest absolute Gasteiger partial charge is 0.341 e. The Morgan fingerprint density at radius 2 is 1.73 bits per heavy atom. The number of anilines is 1. The third-order valence-corrected chi connectivity index (χ3v) is 5.63. The number of rotatable bonds is 7. The summed E-state index contributed by atoms with van der Waals surface area (Å²) in [7, 11) is 0. The van der Waals surface area contributed by atoms with Gasteiger partial charge >= 0.3 is 5.97 Å². The van der Waals surface area contributed by atoms with E-state index in [2.05, 4.69) is 5.32 Å². The molecule has 1 N–H and O–H groups in total. The summed E-state index contributed by atoms with van der Waals surface area (Å²) in [5, 5.41) is 6.20. The summed E-state index contributed by atoms with van der Waals surface area (Å²) in [4.78, 5) is 25.0. The van der Waals surface area contributed by atoms with Crippen LogP contribution in [0.5, 0.6) is 5.75 Å². The van der Waals surface area contributed by atoms with Gasteiger partial charge in [-0.05, 0) is 36.8 Å². The first-order chi connectivity index (χ1) is 14.4. The number of halogens is 3. The van der Waals surface area contributed by atoms with Crippen LogP contribution < -0.4 is 10.1 Å². The van der Waals surface area contributed by atoms with Crippen molar-refractivity contribution in [2.24, 2.45) is 0 Å². The average Bonchev–Trinajstić information content (AvgIpc) is 3.13. The molecule has 0 aliphatic carbocycles. The van der Waals surface area contributed by atoms with E-state index in [1.807, 2.05) is 0 Å². The highest BCUT2D eigenvalue weighted by Gasteiger charge is 2.23. The van der Waals surface area contributed by atoms with Crippen molar-refractivity contribution in [3.8, 4) is 16.9 Å². The summed E-state index contributed by atoms with van der Waals surface area (Å²) < 4.78 is 10.6. The summed E-state index contributed by atoms with van der Waals surface area (Å²) in [6.45, 7) is 1.61. The molecule has 1 aromatic heterocycles. The van der Waals surface area contributed by atoms with Gasteiger partial charge in [0.2, 0.25) is 0 Å². The Labute approximate surface area is 192 Å². The van der Waals surface area contributed by atoms with E-state index >= 15 is 0 Å². The van der Waals surface area contributed by atoms with Crippen LogP contribution in [-0.2, 0) is 9.53 Å². The van der Waals surface area contributed by atoms with Crippen LogP contribution in [0, 0.1) is 0 Å². The summed E-state index contributed by atoms with van der Waals surface area (Å²) >= 11 is 19.1. The predicted octanol–water partition coefficient (Wildman–Crippen LogP) is 6.57. The molecule has 0 unspecified atom stereocenters. The SMILES string of the molecule is CCOC(=O)c1c(-c2ccc(Cl)cc2)csc1NC(=O)COc1cc(Cl)ccc1Cl. The van der Waals surface area contributed by atoms with E-state index in [1.165, 1.54) is 17.4 Å². The van der Waals surface area contributed by atoms with Gasteiger partial charge in [-0.2, -0.15) is 0 Å². The van der Waals surface area contributed by atoms with Gasteiger partial charge in [0.1, 0.15) is 16.3 Å². The van der Waals surface area contributed by atoms with E-state index in [4.69, 9.17) is 44.3 Å². The largest absolute Gasteiger partial charge is 0.482 e. The zero-order valence-electron chi connectivity index (χ0n) is 15.7. The number of amides is 1. The molecular formula is C21H16Cl3NO4S. The maximum atomic E-state index is 12.6. The first-order valence-corrected chi connectivity index (χ1v) is 10.8. The summed E-state index contributed by atoms with van der Waals surface area (Å²) in [6, 6.07) is 11.8. The fourth-order valence-corrected chi connectivity index (χ4v) is 4.03. The zero-order valence-corrected chi connectivity index (χ0v) is 18.8. The summed E-state index contributed by atoms with van der Waals surface area (Å²) in [6.07, 6.45) is 0. The molecule has 5 nitrogen and oxygen atoms in total. The van der Waals surface area contributed by atoms with Crippen LogP contribution in [0.4, 0.5) is 5.00 Å². The van der Waals surface area contributed by atoms with Crippen LogP contribution in [0.15, 0.2) is 47.8 Å². The Morgan fingerprint density at radius 3 is 2.43 bits per heavy atom. The maximum Gasteiger partial charge on any atom is 0.341 e. The highest BCUT2D eigenvalue weighted by molar-refractivity contribution is 7.15. The van der Waals surface area contributed by atoms with Gasteiger partial charge in [0.15, 0.2) is 6.61 Å². The van der Waals surface area contributed by atoms with Crippen LogP contribution in [0.3, 0.4) is 0 Å². The molecule has 9 heteroatoms. The van der Waals surface area contributed by atoms with E-state index in [9.17, 15) is 9.59 Å². The topological polar surface area (TPSA) is 64.6 Å². The monoisotopic (exact) mass is 483 g/mol. The minimum Gasteiger partial charge on any atom is -0.482 e. The highest BCUT2D eigenvalue weighted by Crippen LogP contribution is 2.36. The lowest BCUT2D eigenvalue weighted by Crippen LogP contribution is -2.21. The van der Waals surface area contributed by atoms with Gasteiger partial charge < -0.3 is 14.8 Å². The van der Waals surface area contributed by atoms with Crippen molar-refractivity contribution in [2.45, 2.75) is 6.92 Å². The molecule has 3 aromatic rings. The van der Waals surface area contributed by atoms with Crippen molar-refractivity contribution < 1.29 is 19.1 Å². The quantitative estimate of drug-likeness (QED) is 0.385. The summed E-state index contributed by atoms with van der Waals surface area (Å²) in [5.74, 6) is -0.697. The van der Waals surface area contributed by atoms with Crippen LogP contribution in [0.25, 0.3) is 11.1 Å². The Balaban J connectivity index is 1.80. The van der Waals surface area contributed by atoms with Crippen LogP contribution in [0.1, 0.15) is 17.3 Å². The third kappa shape index (κ3) is 5.46. The second-order valence-electron chi connectivity index (χ2n) is 5.99. The molecule has 0 bridgehead atoms. The molecule has 30 heavy (non-hydrogen) atoms. The number of carbonyl (C=O) groups excluding carboxylic acids is 2. The van der Waals surface area contributed by atoms with Crippen molar-refractivity contribution in [3.63, 3.8) is 0 Å². The lowest BCUT2D eigenvalue weighted by molar-refractivity contribution is -0.118. The Morgan fingerprint density at radius 1 is 1.03 bits per heavy atom. The normalized spacial score (nSPS) is 10.5. The van der Waals surface area contributed by atoms with Crippen molar-refractivity contribution in [1.29, 1.82) is 0 Å². The second-order valence-corrected chi connectivity index (χ2v) is 8.15. The highest BCUT2D eigenvalue weighted by atomic mass is 35.5. The molecule has 0 saturated heterocycles. The molecule has 0 radical (unpaired) electrons. The van der Waals surface area contributed by atoms with Crippen molar-refractivity contribution >= 4 is 63.0 Å². The fourth-order valence-electron chi connectivity index (χ4n) is 2.59. The fraction of sp³-hybridized carbons (Fsp3) is 0.143. The number of thiophene rings is 1. The van der Waals surface area contributed by atoms with Gasteiger partial charge in [0, 0.05) is 27.1 Å². The molecule has 156 valence electrons. The number of nitrogens with one attached hydrogen (secondary N) is 1. The molecular weight excluding hydrogens is 469 g/mol. The molecule has 0 spiro atoms. The lowest BCUT2D eigenvalue weighted by Gasteiger charge is -2.10.